The van der Waals surface area contributed by atoms with Crippen molar-refractivity contribution in [2.24, 2.45) is 0 Å². The molecular formula is C24H32N2O4. The highest BCUT2D eigenvalue weighted by molar-refractivity contribution is 5.96. The smallest absolute Gasteiger partial charge is 0.254 e. The second kappa shape index (κ2) is 10.4. The molecule has 0 radical (unpaired) electrons. The van der Waals surface area contributed by atoms with Gasteiger partial charge in [-0.15, -0.1) is 0 Å². The van der Waals surface area contributed by atoms with E-state index in [0.717, 1.165) is 37.2 Å². The van der Waals surface area contributed by atoms with Crippen LogP contribution in [0.2, 0.25) is 0 Å². The van der Waals surface area contributed by atoms with E-state index in [1.165, 1.54) is 0 Å². The van der Waals surface area contributed by atoms with Crippen molar-refractivity contribution >= 4 is 11.8 Å². The highest BCUT2D eigenvalue weighted by Gasteiger charge is 2.28. The molecule has 0 N–H and O–H groups in total. The van der Waals surface area contributed by atoms with Crippen molar-refractivity contribution in [1.29, 1.82) is 0 Å². The zero-order chi connectivity index (χ0) is 21.5. The van der Waals surface area contributed by atoms with E-state index in [1.54, 1.807) is 16.1 Å². The molecule has 0 unspecified atom stereocenters. The second-order valence-electron chi connectivity index (χ2n) is 8.05. The van der Waals surface area contributed by atoms with Crippen molar-refractivity contribution in [2.75, 3.05) is 19.7 Å². The maximum absolute atomic E-state index is 13.3. The topological polar surface area (TPSA) is 63.0 Å². The Labute approximate surface area is 178 Å². The molecule has 2 heterocycles. The lowest BCUT2D eigenvalue weighted by Gasteiger charge is -2.32. The summed E-state index contributed by atoms with van der Waals surface area (Å²) in [4.78, 5) is 30.0. The number of hydrogen-bond donors (Lipinski definition) is 0. The van der Waals surface area contributed by atoms with Crippen LogP contribution in [0.4, 0.5) is 0 Å². The number of nitrogens with zero attached hydrogens (tertiary/aromatic N) is 2. The zero-order valence-electron chi connectivity index (χ0n) is 18.2. The predicted octanol–water partition coefficient (Wildman–Crippen LogP) is 4.04. The third kappa shape index (κ3) is 5.72. The summed E-state index contributed by atoms with van der Waals surface area (Å²) in [7, 11) is 0. The van der Waals surface area contributed by atoms with Gasteiger partial charge < -0.3 is 19.0 Å². The van der Waals surface area contributed by atoms with Crippen molar-refractivity contribution < 1.29 is 18.7 Å². The van der Waals surface area contributed by atoms with Crippen LogP contribution in [0.3, 0.4) is 0 Å². The molecule has 0 aliphatic carbocycles. The molecule has 1 aliphatic rings. The molecule has 0 saturated carbocycles. The molecular weight excluding hydrogens is 380 g/mol. The van der Waals surface area contributed by atoms with Crippen LogP contribution in [-0.2, 0) is 16.1 Å². The minimum atomic E-state index is -0.114. The van der Waals surface area contributed by atoms with Gasteiger partial charge in [-0.25, -0.2) is 0 Å². The van der Waals surface area contributed by atoms with Crippen molar-refractivity contribution in [3.05, 3.63) is 59.5 Å². The van der Waals surface area contributed by atoms with Crippen LogP contribution in [-0.4, -0.2) is 53.5 Å². The van der Waals surface area contributed by atoms with Crippen molar-refractivity contribution in [1.82, 2.24) is 9.80 Å². The van der Waals surface area contributed by atoms with Gasteiger partial charge in [0.1, 0.15) is 12.3 Å². The van der Waals surface area contributed by atoms with Gasteiger partial charge in [-0.3, -0.25) is 9.59 Å². The van der Waals surface area contributed by atoms with Crippen LogP contribution in [0, 0.1) is 6.92 Å². The van der Waals surface area contributed by atoms with Gasteiger partial charge in [-0.2, -0.15) is 0 Å². The number of benzene rings is 1. The summed E-state index contributed by atoms with van der Waals surface area (Å²) < 4.78 is 11.2. The number of aryl methyl sites for hydroxylation is 1. The Morgan fingerprint density at radius 2 is 2.07 bits per heavy atom. The van der Waals surface area contributed by atoms with E-state index in [2.05, 4.69) is 0 Å². The van der Waals surface area contributed by atoms with Crippen molar-refractivity contribution in [3.63, 3.8) is 0 Å². The maximum atomic E-state index is 13.3. The third-order valence-corrected chi connectivity index (χ3v) is 5.68. The molecule has 162 valence electrons. The summed E-state index contributed by atoms with van der Waals surface area (Å²) in [5.74, 6) is 0.515. The van der Waals surface area contributed by atoms with E-state index in [1.807, 2.05) is 57.2 Å². The van der Waals surface area contributed by atoms with Gasteiger partial charge in [-0.05, 0) is 57.4 Å². The van der Waals surface area contributed by atoms with Crippen LogP contribution < -0.4 is 0 Å². The Balaban J connectivity index is 1.77. The first-order valence-corrected chi connectivity index (χ1v) is 10.8. The SMILES string of the molecule is CC[C@@H](C)N(CC(=O)N(Cc1ccco1)C[C@H]1CCCO1)C(=O)c1cccc(C)c1. The first-order valence-electron chi connectivity index (χ1n) is 10.8. The third-order valence-electron chi connectivity index (χ3n) is 5.68. The number of hydrogen-bond acceptors (Lipinski definition) is 4. The molecule has 1 aliphatic heterocycles. The lowest BCUT2D eigenvalue weighted by Crippen LogP contribution is -2.47. The van der Waals surface area contributed by atoms with E-state index < -0.39 is 0 Å². The van der Waals surface area contributed by atoms with Crippen LogP contribution in [0.15, 0.2) is 47.1 Å². The van der Waals surface area contributed by atoms with E-state index in [9.17, 15) is 9.59 Å². The van der Waals surface area contributed by atoms with Gasteiger partial charge in [0.2, 0.25) is 5.91 Å². The Hall–Kier alpha value is -2.60. The minimum absolute atomic E-state index is 0.0356. The molecule has 1 aromatic heterocycles. The van der Waals surface area contributed by atoms with Gasteiger partial charge >= 0.3 is 0 Å². The molecule has 0 spiro atoms. The van der Waals surface area contributed by atoms with E-state index in [4.69, 9.17) is 9.15 Å². The second-order valence-corrected chi connectivity index (χ2v) is 8.05. The average molecular weight is 413 g/mol. The van der Waals surface area contributed by atoms with E-state index in [-0.39, 0.29) is 30.5 Å². The zero-order valence-corrected chi connectivity index (χ0v) is 18.2. The summed E-state index contributed by atoms with van der Waals surface area (Å²) in [6.07, 6.45) is 4.37. The quantitative estimate of drug-likeness (QED) is 0.624. The number of furan rings is 1. The van der Waals surface area contributed by atoms with Crippen molar-refractivity contribution in [3.8, 4) is 0 Å². The molecule has 6 nitrogen and oxygen atoms in total. The van der Waals surface area contributed by atoms with Crippen LogP contribution in [0.1, 0.15) is 54.8 Å². The summed E-state index contributed by atoms with van der Waals surface area (Å²) in [6, 6.07) is 11.1. The van der Waals surface area contributed by atoms with E-state index >= 15 is 0 Å². The largest absolute Gasteiger partial charge is 0.467 e. The molecule has 6 heteroatoms. The molecule has 2 aromatic rings. The summed E-state index contributed by atoms with van der Waals surface area (Å²) in [6.45, 7) is 7.62. The number of carbonyl (C=O) groups is 2. The molecule has 1 fully saturated rings. The Morgan fingerprint density at radius 3 is 2.70 bits per heavy atom. The van der Waals surface area contributed by atoms with Gasteiger partial charge in [0.15, 0.2) is 0 Å². The van der Waals surface area contributed by atoms with Crippen LogP contribution in [0.25, 0.3) is 0 Å². The predicted molar refractivity (Wildman–Crippen MR) is 115 cm³/mol. The van der Waals surface area contributed by atoms with Crippen LogP contribution in [0.5, 0.6) is 0 Å². The average Bonchev–Trinajstić information content (AvgIpc) is 3.44. The van der Waals surface area contributed by atoms with Crippen molar-refractivity contribution in [2.45, 2.75) is 58.7 Å². The number of carbonyl (C=O) groups excluding carboxylic acids is 2. The van der Waals surface area contributed by atoms with Gasteiger partial charge in [0, 0.05) is 24.8 Å². The monoisotopic (exact) mass is 412 g/mol. The molecule has 2 atom stereocenters. The minimum Gasteiger partial charge on any atom is -0.467 e. The number of rotatable bonds is 9. The summed E-state index contributed by atoms with van der Waals surface area (Å²) >= 11 is 0. The van der Waals surface area contributed by atoms with Crippen LogP contribution >= 0.6 is 0 Å². The highest BCUT2D eigenvalue weighted by atomic mass is 16.5. The standard InChI is InChI=1S/C24H32N2O4/c1-4-19(3)26(24(28)20-9-5-8-18(2)14-20)17-23(27)25(15-21-10-6-12-29-21)16-22-11-7-13-30-22/h5-6,8-10,12,14,19,22H,4,7,11,13,15-17H2,1-3H3/t19-,22-/m1/s1. The van der Waals surface area contributed by atoms with Gasteiger partial charge in [-0.1, -0.05) is 24.6 Å². The fraction of sp³-hybridized carbons (Fsp3) is 0.500. The fourth-order valence-corrected chi connectivity index (χ4v) is 3.72. The molecule has 3 rings (SSSR count). The summed E-state index contributed by atoms with van der Waals surface area (Å²) in [5, 5.41) is 0. The lowest BCUT2D eigenvalue weighted by molar-refractivity contribution is -0.134. The normalized spacial score (nSPS) is 17.0. The molecule has 1 aromatic carbocycles. The Bertz CT molecular complexity index is 827. The molecule has 0 bridgehead atoms. The number of amides is 2. The lowest BCUT2D eigenvalue weighted by atomic mass is 10.1. The van der Waals surface area contributed by atoms with Gasteiger partial charge in [0.05, 0.1) is 18.9 Å². The highest BCUT2D eigenvalue weighted by Crippen LogP contribution is 2.18. The Morgan fingerprint density at radius 1 is 1.23 bits per heavy atom. The fourth-order valence-electron chi connectivity index (χ4n) is 3.72. The molecule has 2 amide bonds. The molecule has 30 heavy (non-hydrogen) atoms. The first kappa shape index (κ1) is 22.1. The first-order chi connectivity index (χ1) is 14.5. The number of ether oxygens (including phenoxy) is 1. The molecule has 1 saturated heterocycles. The Kier molecular flexibility index (Phi) is 7.69. The summed E-state index contributed by atoms with van der Waals surface area (Å²) in [5.41, 5.74) is 1.63. The van der Waals surface area contributed by atoms with E-state index in [0.29, 0.717) is 18.7 Å². The maximum Gasteiger partial charge on any atom is 0.254 e. The van der Waals surface area contributed by atoms with Gasteiger partial charge in [0.25, 0.3) is 5.91 Å².